The van der Waals surface area contributed by atoms with Crippen LogP contribution in [-0.2, 0) is 11.3 Å². The van der Waals surface area contributed by atoms with Gasteiger partial charge in [0.2, 0.25) is 0 Å². The molecule has 2 rings (SSSR count). The molecule has 0 aliphatic carbocycles. The average molecular weight is 283 g/mol. The number of carbonyl (C=O) groups excluding carboxylic acids is 1. The number of benzene rings is 2. The van der Waals surface area contributed by atoms with E-state index < -0.39 is 6.09 Å². The summed E-state index contributed by atoms with van der Waals surface area (Å²) in [4.78, 5) is 11.5. The molecule has 108 valence electrons. The van der Waals surface area contributed by atoms with E-state index in [0.717, 1.165) is 16.9 Å². The van der Waals surface area contributed by atoms with Crippen molar-refractivity contribution in [3.8, 4) is 5.75 Å². The molecule has 0 heterocycles. The van der Waals surface area contributed by atoms with Crippen molar-refractivity contribution in [1.82, 2.24) is 5.32 Å². The number of amides is 1. The molecule has 0 aliphatic heterocycles. The van der Waals surface area contributed by atoms with Crippen LogP contribution in [-0.4, -0.2) is 13.2 Å². The van der Waals surface area contributed by atoms with E-state index >= 15 is 0 Å². The SMILES string of the molecule is COc1ccc(COC(=O)NC=Cc2ccccc2)cc1. The largest absolute Gasteiger partial charge is 0.497 e. The molecule has 21 heavy (non-hydrogen) atoms. The van der Waals surface area contributed by atoms with Crippen LogP contribution >= 0.6 is 0 Å². The van der Waals surface area contributed by atoms with Gasteiger partial charge in [0.1, 0.15) is 12.4 Å². The van der Waals surface area contributed by atoms with Crippen LogP contribution in [0.15, 0.2) is 60.8 Å². The monoisotopic (exact) mass is 283 g/mol. The van der Waals surface area contributed by atoms with Gasteiger partial charge in [0.05, 0.1) is 7.11 Å². The summed E-state index contributed by atoms with van der Waals surface area (Å²) in [5.74, 6) is 0.772. The Morgan fingerprint density at radius 3 is 2.48 bits per heavy atom. The van der Waals surface area contributed by atoms with E-state index in [-0.39, 0.29) is 6.61 Å². The molecule has 1 N–H and O–H groups in total. The predicted molar refractivity (Wildman–Crippen MR) is 81.8 cm³/mol. The Hall–Kier alpha value is -2.75. The Morgan fingerprint density at radius 2 is 1.81 bits per heavy atom. The topological polar surface area (TPSA) is 47.6 Å². The minimum atomic E-state index is -0.488. The number of ether oxygens (including phenoxy) is 2. The number of hydrogen-bond donors (Lipinski definition) is 1. The van der Waals surface area contributed by atoms with Gasteiger partial charge in [-0.2, -0.15) is 0 Å². The summed E-state index contributed by atoms with van der Waals surface area (Å²) in [6.07, 6.45) is 2.87. The lowest BCUT2D eigenvalue weighted by Gasteiger charge is -2.05. The molecule has 4 nitrogen and oxygen atoms in total. The Bertz CT molecular complexity index is 591. The number of nitrogens with one attached hydrogen (secondary N) is 1. The molecule has 0 aliphatic rings. The molecular weight excluding hydrogens is 266 g/mol. The minimum absolute atomic E-state index is 0.217. The van der Waals surface area contributed by atoms with E-state index in [0.29, 0.717) is 0 Å². The molecule has 2 aromatic rings. The lowest BCUT2D eigenvalue weighted by atomic mass is 10.2. The lowest BCUT2D eigenvalue weighted by molar-refractivity contribution is 0.143. The second kappa shape index (κ2) is 7.75. The molecule has 0 radical (unpaired) electrons. The number of alkyl carbamates (subject to hydrolysis) is 1. The van der Waals surface area contributed by atoms with Crippen LogP contribution in [0.1, 0.15) is 11.1 Å². The highest BCUT2D eigenvalue weighted by Gasteiger charge is 2.00. The maximum absolute atomic E-state index is 11.5. The van der Waals surface area contributed by atoms with Crippen molar-refractivity contribution in [2.24, 2.45) is 0 Å². The van der Waals surface area contributed by atoms with Gasteiger partial charge in [-0.1, -0.05) is 42.5 Å². The van der Waals surface area contributed by atoms with Gasteiger partial charge < -0.3 is 9.47 Å². The van der Waals surface area contributed by atoms with Gasteiger partial charge in [0.15, 0.2) is 0 Å². The maximum atomic E-state index is 11.5. The summed E-state index contributed by atoms with van der Waals surface area (Å²) < 4.78 is 10.2. The molecule has 0 saturated carbocycles. The highest BCUT2D eigenvalue weighted by molar-refractivity contribution is 5.69. The third kappa shape index (κ3) is 5.03. The summed E-state index contributed by atoms with van der Waals surface area (Å²) in [6.45, 7) is 0.217. The van der Waals surface area contributed by atoms with Gasteiger partial charge in [-0.25, -0.2) is 4.79 Å². The summed E-state index contributed by atoms with van der Waals surface area (Å²) in [6, 6.07) is 17.1. The van der Waals surface area contributed by atoms with E-state index in [9.17, 15) is 4.79 Å². The van der Waals surface area contributed by atoms with E-state index in [4.69, 9.17) is 9.47 Å². The highest BCUT2D eigenvalue weighted by Crippen LogP contribution is 2.11. The first kappa shape index (κ1) is 14.7. The van der Waals surface area contributed by atoms with Crippen molar-refractivity contribution in [2.75, 3.05) is 7.11 Å². The van der Waals surface area contributed by atoms with Crippen molar-refractivity contribution in [3.63, 3.8) is 0 Å². The molecule has 0 atom stereocenters. The van der Waals surface area contributed by atoms with Crippen LogP contribution in [0.2, 0.25) is 0 Å². The second-order valence-corrected chi connectivity index (χ2v) is 4.31. The van der Waals surface area contributed by atoms with Crippen molar-refractivity contribution >= 4 is 12.2 Å². The van der Waals surface area contributed by atoms with Crippen LogP contribution in [0.4, 0.5) is 4.79 Å². The zero-order valence-corrected chi connectivity index (χ0v) is 11.8. The van der Waals surface area contributed by atoms with Crippen LogP contribution in [0, 0.1) is 0 Å². The molecule has 0 fully saturated rings. The van der Waals surface area contributed by atoms with Gasteiger partial charge >= 0.3 is 6.09 Å². The van der Waals surface area contributed by atoms with E-state index in [1.165, 1.54) is 0 Å². The Balaban J connectivity index is 1.75. The standard InChI is InChI=1S/C17H17NO3/c1-20-16-9-7-15(8-10-16)13-21-17(19)18-12-11-14-5-3-2-4-6-14/h2-12H,13H2,1H3,(H,18,19). The van der Waals surface area contributed by atoms with Gasteiger partial charge in [0.25, 0.3) is 0 Å². The van der Waals surface area contributed by atoms with Gasteiger partial charge in [-0.3, -0.25) is 5.32 Å². The first-order valence-corrected chi connectivity index (χ1v) is 6.56. The van der Waals surface area contributed by atoms with Crippen LogP contribution in [0.3, 0.4) is 0 Å². The third-order valence-corrected chi connectivity index (χ3v) is 2.81. The number of carbonyl (C=O) groups is 1. The predicted octanol–water partition coefficient (Wildman–Crippen LogP) is 3.59. The van der Waals surface area contributed by atoms with Crippen LogP contribution in [0.25, 0.3) is 6.08 Å². The second-order valence-electron chi connectivity index (χ2n) is 4.31. The lowest BCUT2D eigenvalue weighted by Crippen LogP contribution is -2.18. The fraction of sp³-hybridized carbons (Fsp3) is 0.118. The van der Waals surface area contributed by atoms with E-state index in [1.54, 1.807) is 19.4 Å². The van der Waals surface area contributed by atoms with Crippen molar-refractivity contribution in [2.45, 2.75) is 6.61 Å². The fourth-order valence-corrected chi connectivity index (χ4v) is 1.68. The summed E-state index contributed by atoms with van der Waals surface area (Å²) in [5, 5.41) is 2.56. The van der Waals surface area contributed by atoms with Gasteiger partial charge in [-0.05, 0) is 29.3 Å². The van der Waals surface area contributed by atoms with E-state index in [2.05, 4.69) is 5.32 Å². The molecule has 2 aromatic carbocycles. The summed E-state index contributed by atoms with van der Waals surface area (Å²) in [7, 11) is 1.61. The average Bonchev–Trinajstić information content (AvgIpc) is 2.54. The number of hydrogen-bond acceptors (Lipinski definition) is 3. The normalized spacial score (nSPS) is 10.3. The Kier molecular flexibility index (Phi) is 5.41. The number of rotatable bonds is 5. The summed E-state index contributed by atoms with van der Waals surface area (Å²) >= 11 is 0. The first-order valence-electron chi connectivity index (χ1n) is 6.56. The van der Waals surface area contributed by atoms with Crippen LogP contribution < -0.4 is 10.1 Å². The third-order valence-electron chi connectivity index (χ3n) is 2.81. The molecule has 4 heteroatoms. The zero-order valence-electron chi connectivity index (χ0n) is 11.8. The molecule has 1 amide bonds. The quantitative estimate of drug-likeness (QED) is 0.912. The smallest absolute Gasteiger partial charge is 0.411 e. The first-order chi connectivity index (χ1) is 10.3. The van der Waals surface area contributed by atoms with Gasteiger partial charge in [-0.15, -0.1) is 0 Å². The van der Waals surface area contributed by atoms with Crippen molar-refractivity contribution in [3.05, 3.63) is 71.9 Å². The Labute approximate surface area is 124 Å². The molecule has 0 aromatic heterocycles. The minimum Gasteiger partial charge on any atom is -0.497 e. The van der Waals surface area contributed by atoms with Crippen LogP contribution in [0.5, 0.6) is 5.75 Å². The Morgan fingerprint density at radius 1 is 1.10 bits per heavy atom. The molecule has 0 bridgehead atoms. The number of methoxy groups -OCH3 is 1. The fourth-order valence-electron chi connectivity index (χ4n) is 1.68. The molecule has 0 saturated heterocycles. The van der Waals surface area contributed by atoms with Crippen molar-refractivity contribution < 1.29 is 14.3 Å². The maximum Gasteiger partial charge on any atom is 0.411 e. The highest BCUT2D eigenvalue weighted by atomic mass is 16.5. The molecule has 0 unspecified atom stereocenters. The molecule has 0 spiro atoms. The van der Waals surface area contributed by atoms with E-state index in [1.807, 2.05) is 54.6 Å². The zero-order chi connectivity index (χ0) is 14.9. The van der Waals surface area contributed by atoms with Crippen molar-refractivity contribution in [1.29, 1.82) is 0 Å². The van der Waals surface area contributed by atoms with Gasteiger partial charge in [0, 0.05) is 6.20 Å². The molecular formula is C17H17NO3. The summed E-state index contributed by atoms with van der Waals surface area (Å²) in [5.41, 5.74) is 1.91.